The van der Waals surface area contributed by atoms with Gasteiger partial charge >= 0.3 is 19.1 Å². The van der Waals surface area contributed by atoms with Crippen molar-refractivity contribution in [2.24, 2.45) is 29.1 Å². The predicted octanol–water partition coefficient (Wildman–Crippen LogP) is 5.66. The molecule has 4 aliphatic rings. The average molecular weight is 584 g/mol. The first-order valence-corrected chi connectivity index (χ1v) is 15.6. The van der Waals surface area contributed by atoms with Crippen molar-refractivity contribution in [2.75, 3.05) is 0 Å². The maximum absolute atomic E-state index is 13.8. The number of benzene rings is 1. The lowest BCUT2D eigenvalue weighted by Crippen LogP contribution is -2.65. The molecule has 6 atom stereocenters. The summed E-state index contributed by atoms with van der Waals surface area (Å²) >= 11 is 0. The largest absolute Gasteiger partial charge is 0.481 e. The van der Waals surface area contributed by atoms with Gasteiger partial charge in [0.15, 0.2) is 0 Å². The number of carbonyl (C=O) groups excluding carboxylic acids is 3. The molecule has 0 radical (unpaired) electrons. The van der Waals surface area contributed by atoms with Crippen molar-refractivity contribution in [3.05, 3.63) is 35.9 Å². The van der Waals surface area contributed by atoms with E-state index < -0.39 is 30.6 Å². The Bertz CT molecular complexity index is 1120. The standard InChI is InChI=1S/C33H50BNO7/c1-21(2)16-27(34-41-26-19-24-18-25(32(24,6)7)33(26,8)42-34)35-30(38)23(17-29(37)40-31(3,4)5)14-15-28(36)39-20-22-12-10-9-11-13-22/h9-13,21,23-27H,14-20H2,1-8H3,(H,35,38)/t23-,24-,25-,26-,27+,33+/m1/s1. The summed E-state index contributed by atoms with van der Waals surface area (Å²) in [5, 5.41) is 3.17. The van der Waals surface area contributed by atoms with E-state index in [-0.39, 0.29) is 60.8 Å². The summed E-state index contributed by atoms with van der Waals surface area (Å²) in [5.41, 5.74) is 0.0329. The van der Waals surface area contributed by atoms with Gasteiger partial charge in [0.2, 0.25) is 5.91 Å². The first-order valence-electron chi connectivity index (χ1n) is 15.6. The smallest absolute Gasteiger partial charge is 0.461 e. The Morgan fingerprint density at radius 1 is 1.07 bits per heavy atom. The van der Waals surface area contributed by atoms with E-state index in [0.29, 0.717) is 18.3 Å². The van der Waals surface area contributed by atoms with E-state index in [1.54, 1.807) is 20.8 Å². The highest BCUT2D eigenvalue weighted by atomic mass is 16.7. The minimum atomic E-state index is -0.759. The van der Waals surface area contributed by atoms with E-state index in [2.05, 4.69) is 39.9 Å². The van der Waals surface area contributed by atoms with Crippen molar-refractivity contribution in [3.8, 4) is 0 Å². The van der Waals surface area contributed by atoms with Gasteiger partial charge in [-0.05, 0) is 82.1 Å². The van der Waals surface area contributed by atoms with E-state index in [4.69, 9.17) is 18.8 Å². The monoisotopic (exact) mass is 583 g/mol. The highest BCUT2D eigenvalue weighted by molar-refractivity contribution is 6.47. The van der Waals surface area contributed by atoms with Gasteiger partial charge in [-0.2, -0.15) is 0 Å². The molecule has 2 bridgehead atoms. The van der Waals surface area contributed by atoms with Gasteiger partial charge in [-0.25, -0.2) is 0 Å². The molecule has 8 nitrogen and oxygen atoms in total. The van der Waals surface area contributed by atoms with Crippen molar-refractivity contribution in [1.82, 2.24) is 5.32 Å². The zero-order chi connectivity index (χ0) is 30.9. The molecule has 42 heavy (non-hydrogen) atoms. The molecule has 0 spiro atoms. The van der Waals surface area contributed by atoms with Gasteiger partial charge < -0.3 is 24.1 Å². The van der Waals surface area contributed by atoms with Crippen molar-refractivity contribution in [2.45, 2.75) is 124 Å². The number of hydrogen-bond acceptors (Lipinski definition) is 7. The van der Waals surface area contributed by atoms with Crippen LogP contribution in [0.3, 0.4) is 0 Å². The molecule has 0 unspecified atom stereocenters. The number of hydrogen-bond donors (Lipinski definition) is 1. The SMILES string of the molecule is CC(C)C[C@H](NC(=O)[C@H](CCC(=O)OCc1ccccc1)CC(=O)OC(C)(C)C)B1O[C@@H]2C[C@H]3C[C@H](C3(C)C)[C@]2(C)O1. The average Bonchev–Trinajstić information content (AvgIpc) is 3.25. The Balaban J connectivity index is 1.43. The molecule has 1 aromatic rings. The lowest BCUT2D eigenvalue weighted by Gasteiger charge is -2.64. The molecule has 3 saturated carbocycles. The predicted molar refractivity (Wildman–Crippen MR) is 161 cm³/mol. The molecule has 232 valence electrons. The fourth-order valence-corrected chi connectivity index (χ4v) is 7.13. The molecule has 1 aliphatic heterocycles. The number of nitrogens with one attached hydrogen (secondary N) is 1. The van der Waals surface area contributed by atoms with Crippen molar-refractivity contribution < 1.29 is 33.2 Å². The molecule has 1 amide bonds. The Labute approximate surface area is 252 Å². The van der Waals surface area contributed by atoms with E-state index in [0.717, 1.165) is 18.4 Å². The molecule has 4 fully saturated rings. The number of amides is 1. The quantitative estimate of drug-likeness (QED) is 0.251. The number of esters is 2. The van der Waals surface area contributed by atoms with Gasteiger partial charge in [0.05, 0.1) is 24.1 Å². The molecule has 1 N–H and O–H groups in total. The van der Waals surface area contributed by atoms with Crippen LogP contribution in [0.4, 0.5) is 0 Å². The van der Waals surface area contributed by atoms with Gasteiger partial charge in [0.25, 0.3) is 0 Å². The minimum absolute atomic E-state index is 0.00258. The molecule has 1 aromatic carbocycles. The van der Waals surface area contributed by atoms with Crippen LogP contribution in [0.25, 0.3) is 0 Å². The zero-order valence-corrected chi connectivity index (χ0v) is 26.7. The topological polar surface area (TPSA) is 100 Å². The van der Waals surface area contributed by atoms with Crippen LogP contribution in [0.1, 0.15) is 99.5 Å². The van der Waals surface area contributed by atoms with Gasteiger partial charge in [-0.15, -0.1) is 0 Å². The maximum atomic E-state index is 13.8. The molecule has 3 aliphatic carbocycles. The van der Waals surface area contributed by atoms with Crippen LogP contribution >= 0.6 is 0 Å². The Kier molecular flexibility index (Phi) is 9.83. The summed E-state index contributed by atoms with van der Waals surface area (Å²) in [6, 6.07) is 9.44. The minimum Gasteiger partial charge on any atom is -0.461 e. The molecular weight excluding hydrogens is 533 g/mol. The summed E-state index contributed by atoms with van der Waals surface area (Å²) < 4.78 is 24.2. The van der Waals surface area contributed by atoms with Gasteiger partial charge in [0, 0.05) is 12.3 Å². The number of ether oxygens (including phenoxy) is 2. The maximum Gasteiger partial charge on any atom is 0.481 e. The van der Waals surface area contributed by atoms with Crippen molar-refractivity contribution >= 4 is 25.0 Å². The highest BCUT2D eigenvalue weighted by Crippen LogP contribution is 2.65. The second-order valence-electron chi connectivity index (χ2n) is 14.8. The molecule has 9 heteroatoms. The second kappa shape index (κ2) is 12.7. The lowest BCUT2D eigenvalue weighted by atomic mass is 9.43. The van der Waals surface area contributed by atoms with Crippen LogP contribution in [0.2, 0.25) is 0 Å². The van der Waals surface area contributed by atoms with Crippen LogP contribution in [-0.4, -0.2) is 48.2 Å². The molecular formula is C33H50BNO7. The Morgan fingerprint density at radius 3 is 2.38 bits per heavy atom. The first-order chi connectivity index (χ1) is 19.6. The summed E-state index contributed by atoms with van der Waals surface area (Å²) in [6.45, 7) is 16.6. The van der Waals surface area contributed by atoms with E-state index >= 15 is 0 Å². The third-order valence-corrected chi connectivity index (χ3v) is 9.49. The fraction of sp³-hybridized carbons (Fsp3) is 0.727. The van der Waals surface area contributed by atoms with Crippen LogP contribution in [-0.2, 0) is 39.8 Å². The van der Waals surface area contributed by atoms with E-state index in [9.17, 15) is 14.4 Å². The number of rotatable bonds is 12. The number of carbonyl (C=O) groups is 3. The summed E-state index contributed by atoms with van der Waals surface area (Å²) in [6.07, 6.45) is 2.82. The fourth-order valence-electron chi connectivity index (χ4n) is 7.13. The van der Waals surface area contributed by atoms with Gasteiger partial charge in [-0.1, -0.05) is 58.0 Å². The van der Waals surface area contributed by atoms with E-state index in [1.165, 1.54) is 0 Å². The van der Waals surface area contributed by atoms with Gasteiger partial charge in [-0.3, -0.25) is 14.4 Å². The Morgan fingerprint density at radius 2 is 1.76 bits per heavy atom. The second-order valence-corrected chi connectivity index (χ2v) is 14.8. The zero-order valence-electron chi connectivity index (χ0n) is 26.7. The first kappa shape index (κ1) is 32.5. The summed E-state index contributed by atoms with van der Waals surface area (Å²) in [5.74, 6) is -1.03. The third-order valence-electron chi connectivity index (χ3n) is 9.49. The normalized spacial score (nSPS) is 27.5. The summed E-state index contributed by atoms with van der Waals surface area (Å²) in [4.78, 5) is 39.2. The molecule has 0 aromatic heterocycles. The third kappa shape index (κ3) is 7.57. The van der Waals surface area contributed by atoms with Crippen molar-refractivity contribution in [1.29, 1.82) is 0 Å². The Hall–Kier alpha value is -2.39. The highest BCUT2D eigenvalue weighted by Gasteiger charge is 2.68. The molecule has 1 heterocycles. The van der Waals surface area contributed by atoms with Crippen LogP contribution in [0.5, 0.6) is 0 Å². The van der Waals surface area contributed by atoms with Gasteiger partial charge in [0.1, 0.15) is 12.2 Å². The molecule has 1 saturated heterocycles. The lowest BCUT2D eigenvalue weighted by molar-refractivity contribution is -0.199. The summed E-state index contributed by atoms with van der Waals surface area (Å²) in [7, 11) is -0.570. The molecule has 5 rings (SSSR count). The van der Waals surface area contributed by atoms with Crippen molar-refractivity contribution in [3.63, 3.8) is 0 Å². The van der Waals surface area contributed by atoms with Crippen LogP contribution in [0, 0.1) is 29.1 Å². The van der Waals surface area contributed by atoms with E-state index in [1.807, 2.05) is 30.3 Å². The van der Waals surface area contributed by atoms with Crippen LogP contribution in [0.15, 0.2) is 30.3 Å². The van der Waals surface area contributed by atoms with Crippen LogP contribution < -0.4 is 5.32 Å².